The molecule has 2 aliphatic rings. The molecule has 5 rings (SSSR count). The third-order valence-corrected chi connectivity index (χ3v) is 8.77. The van der Waals surface area contributed by atoms with Crippen LogP contribution < -0.4 is 16.0 Å². The minimum atomic E-state index is -4.50. The molecule has 0 saturated carbocycles. The molecule has 2 saturated heterocycles. The molecule has 0 spiro atoms. The van der Waals surface area contributed by atoms with Crippen molar-refractivity contribution in [3.63, 3.8) is 0 Å². The van der Waals surface area contributed by atoms with E-state index in [1.165, 1.54) is 22.5 Å². The summed E-state index contributed by atoms with van der Waals surface area (Å²) in [6.45, 7) is 0.475. The van der Waals surface area contributed by atoms with Crippen LogP contribution >= 0.6 is 0 Å². The highest BCUT2D eigenvalue weighted by Gasteiger charge is 2.35. The maximum absolute atomic E-state index is 13.2. The Kier molecular flexibility index (Phi) is 7.66. The van der Waals surface area contributed by atoms with Gasteiger partial charge >= 0.3 is 6.18 Å². The number of nitrogens with zero attached hydrogens (tertiary/aromatic N) is 3. The third kappa shape index (κ3) is 6.18. The van der Waals surface area contributed by atoms with Crippen molar-refractivity contribution in [2.45, 2.75) is 42.1 Å². The number of aromatic nitrogens is 2. The zero-order valence-corrected chi connectivity index (χ0v) is 21.9. The molecule has 14 heteroatoms. The first-order chi connectivity index (χ1) is 19.0. The SMILES string of the molecule is O=C1C[C@H](Nc2ccc(-c3ccc(S(=O)(=O)N4CC[C@@H](Nc5ccc(C(F)(F)F)cn5)[C@@H](O)C4)cc3)cn2)CN1. The fraction of sp³-hybridized carbons (Fsp3) is 0.346. The van der Waals surface area contributed by atoms with E-state index in [2.05, 4.69) is 25.9 Å². The van der Waals surface area contributed by atoms with Crippen molar-refractivity contribution in [3.05, 3.63) is 66.5 Å². The standard InChI is InChI=1S/C26H27F3N6O4S/c27-26(28,29)18-4-8-24(31-13-18)34-21-9-10-35(15-22(21)36)40(38,39)20-5-1-16(2-6-20)17-3-7-23(30-12-17)33-19-11-25(37)32-14-19/h1-8,12-13,19,21-22,36H,9-11,14-15H2,(H,30,33)(H,31,34)(H,32,37)/t19-,21+,22-/m0/s1. The molecule has 40 heavy (non-hydrogen) atoms. The summed E-state index contributed by atoms with van der Waals surface area (Å²) in [4.78, 5) is 19.6. The Morgan fingerprint density at radius 1 is 0.950 bits per heavy atom. The first-order valence-corrected chi connectivity index (χ1v) is 14.0. The number of β-amino-alcohol motifs (C(OH)–C–C–N with tert-alkyl or cyclic N) is 1. The molecule has 0 unspecified atom stereocenters. The molecule has 3 aromatic rings. The summed E-state index contributed by atoms with van der Waals surface area (Å²) < 4.78 is 65.9. The summed E-state index contributed by atoms with van der Waals surface area (Å²) in [6, 6.07) is 11.5. The maximum atomic E-state index is 13.2. The van der Waals surface area contributed by atoms with Gasteiger partial charge in [0, 0.05) is 44.0 Å². The quantitative estimate of drug-likeness (QED) is 0.337. The minimum Gasteiger partial charge on any atom is -0.390 e. The number of aliphatic hydroxyl groups is 1. The summed E-state index contributed by atoms with van der Waals surface area (Å²) in [7, 11) is -3.89. The molecule has 212 valence electrons. The molecule has 10 nitrogen and oxygen atoms in total. The zero-order valence-electron chi connectivity index (χ0n) is 21.1. The first kappa shape index (κ1) is 27.8. The molecule has 2 fully saturated rings. The van der Waals surface area contributed by atoms with Crippen molar-refractivity contribution in [2.75, 3.05) is 30.3 Å². The fourth-order valence-corrected chi connectivity index (χ4v) is 6.13. The van der Waals surface area contributed by atoms with Crippen LogP contribution in [0.4, 0.5) is 24.8 Å². The van der Waals surface area contributed by atoms with Crippen molar-refractivity contribution in [2.24, 2.45) is 0 Å². The summed E-state index contributed by atoms with van der Waals surface area (Å²) in [5, 5.41) is 19.4. The van der Waals surface area contributed by atoms with Gasteiger partial charge in [0.15, 0.2) is 0 Å². The summed E-state index contributed by atoms with van der Waals surface area (Å²) in [5.41, 5.74) is 0.670. The largest absolute Gasteiger partial charge is 0.417 e. The Morgan fingerprint density at radius 2 is 1.62 bits per heavy atom. The second-order valence-corrected chi connectivity index (χ2v) is 11.6. The van der Waals surface area contributed by atoms with Gasteiger partial charge in [0.05, 0.1) is 28.6 Å². The second-order valence-electron chi connectivity index (χ2n) is 9.71. The molecule has 0 radical (unpaired) electrons. The van der Waals surface area contributed by atoms with E-state index in [9.17, 15) is 31.5 Å². The van der Waals surface area contributed by atoms with Crippen LogP contribution in [0.5, 0.6) is 0 Å². The van der Waals surface area contributed by atoms with Gasteiger partial charge in [-0.3, -0.25) is 4.79 Å². The fourth-order valence-electron chi connectivity index (χ4n) is 4.66. The number of rotatable bonds is 7. The Labute approximate surface area is 228 Å². The number of hydrogen-bond acceptors (Lipinski definition) is 8. The predicted octanol–water partition coefficient (Wildman–Crippen LogP) is 2.70. The van der Waals surface area contributed by atoms with Crippen LogP contribution in [0.1, 0.15) is 18.4 Å². The van der Waals surface area contributed by atoms with Crippen LogP contribution in [-0.4, -0.2) is 71.5 Å². The van der Waals surface area contributed by atoms with Crippen molar-refractivity contribution < 1.29 is 31.5 Å². The number of carbonyl (C=O) groups is 1. The average Bonchev–Trinajstić information content (AvgIpc) is 3.34. The van der Waals surface area contributed by atoms with E-state index in [0.717, 1.165) is 17.2 Å². The molecular formula is C26H27F3N6O4S. The van der Waals surface area contributed by atoms with E-state index >= 15 is 0 Å². The Morgan fingerprint density at radius 3 is 2.20 bits per heavy atom. The number of amides is 1. The highest BCUT2D eigenvalue weighted by Crippen LogP contribution is 2.30. The number of anilines is 2. The van der Waals surface area contributed by atoms with Gasteiger partial charge in [-0.2, -0.15) is 17.5 Å². The summed E-state index contributed by atoms with van der Waals surface area (Å²) in [6.07, 6.45) is -2.60. The van der Waals surface area contributed by atoms with Crippen LogP contribution in [0.25, 0.3) is 11.1 Å². The molecule has 4 N–H and O–H groups in total. The van der Waals surface area contributed by atoms with E-state index in [-0.39, 0.29) is 42.2 Å². The van der Waals surface area contributed by atoms with Crippen molar-refractivity contribution in [1.29, 1.82) is 0 Å². The number of sulfonamides is 1. The van der Waals surface area contributed by atoms with E-state index in [4.69, 9.17) is 0 Å². The molecule has 2 aromatic heterocycles. The lowest BCUT2D eigenvalue weighted by Gasteiger charge is -2.35. The van der Waals surface area contributed by atoms with Crippen molar-refractivity contribution in [1.82, 2.24) is 19.6 Å². The van der Waals surface area contributed by atoms with Crippen LogP contribution in [0, 0.1) is 0 Å². The van der Waals surface area contributed by atoms with Crippen LogP contribution in [0.2, 0.25) is 0 Å². The van der Waals surface area contributed by atoms with Gasteiger partial charge in [-0.15, -0.1) is 0 Å². The van der Waals surface area contributed by atoms with E-state index < -0.39 is 33.9 Å². The highest BCUT2D eigenvalue weighted by molar-refractivity contribution is 7.89. The molecule has 1 aromatic carbocycles. The molecule has 2 aliphatic heterocycles. The van der Waals surface area contributed by atoms with E-state index in [0.29, 0.717) is 25.0 Å². The van der Waals surface area contributed by atoms with Gasteiger partial charge in [0.2, 0.25) is 15.9 Å². The number of aliphatic hydroxyl groups excluding tert-OH is 1. The number of nitrogens with one attached hydrogen (secondary N) is 3. The number of pyridine rings is 2. The van der Waals surface area contributed by atoms with Gasteiger partial charge in [0.25, 0.3) is 0 Å². The number of alkyl halides is 3. The van der Waals surface area contributed by atoms with Crippen LogP contribution in [0.15, 0.2) is 65.8 Å². The number of halogens is 3. The second kappa shape index (κ2) is 11.0. The monoisotopic (exact) mass is 576 g/mol. The van der Waals surface area contributed by atoms with Crippen molar-refractivity contribution in [3.8, 4) is 11.1 Å². The van der Waals surface area contributed by atoms with Gasteiger partial charge in [-0.25, -0.2) is 18.4 Å². The predicted molar refractivity (Wildman–Crippen MR) is 141 cm³/mol. The van der Waals surface area contributed by atoms with E-state index in [1.54, 1.807) is 24.4 Å². The van der Waals surface area contributed by atoms with Gasteiger partial charge < -0.3 is 21.1 Å². The molecule has 1 amide bonds. The Balaban J connectivity index is 1.19. The molecule has 3 atom stereocenters. The Bertz CT molecular complexity index is 1450. The third-order valence-electron chi connectivity index (χ3n) is 6.89. The highest BCUT2D eigenvalue weighted by atomic mass is 32.2. The van der Waals surface area contributed by atoms with Gasteiger partial charge in [-0.05, 0) is 48.4 Å². The summed E-state index contributed by atoms with van der Waals surface area (Å²) in [5.74, 6) is 0.790. The normalized spacial score (nSPS) is 22.1. The topological polar surface area (TPSA) is 137 Å². The number of benzene rings is 1. The molecule has 0 aliphatic carbocycles. The lowest BCUT2D eigenvalue weighted by atomic mass is 10.0. The molecular weight excluding hydrogens is 549 g/mol. The molecule has 0 bridgehead atoms. The zero-order chi connectivity index (χ0) is 28.5. The van der Waals surface area contributed by atoms with Gasteiger partial charge in [-0.1, -0.05) is 12.1 Å². The molecule has 4 heterocycles. The first-order valence-electron chi connectivity index (χ1n) is 12.6. The smallest absolute Gasteiger partial charge is 0.390 e. The van der Waals surface area contributed by atoms with Gasteiger partial charge in [0.1, 0.15) is 11.6 Å². The van der Waals surface area contributed by atoms with Crippen molar-refractivity contribution >= 4 is 27.6 Å². The number of hydrogen-bond donors (Lipinski definition) is 4. The lowest BCUT2D eigenvalue weighted by Crippen LogP contribution is -2.51. The maximum Gasteiger partial charge on any atom is 0.417 e. The number of piperidine rings is 1. The van der Waals surface area contributed by atoms with Crippen LogP contribution in [0.3, 0.4) is 0 Å². The lowest BCUT2D eigenvalue weighted by molar-refractivity contribution is -0.137. The van der Waals surface area contributed by atoms with E-state index in [1.807, 2.05) is 6.07 Å². The Hall–Kier alpha value is -3.75. The summed E-state index contributed by atoms with van der Waals surface area (Å²) >= 11 is 0. The number of carbonyl (C=O) groups excluding carboxylic acids is 1. The van der Waals surface area contributed by atoms with Crippen LogP contribution in [-0.2, 0) is 21.0 Å². The minimum absolute atomic E-state index is 0.00448. The average molecular weight is 577 g/mol.